The Bertz CT molecular complexity index is 116. The maximum absolute atomic E-state index is 2.52. The van der Waals surface area contributed by atoms with Crippen molar-refractivity contribution in [2.45, 2.75) is 91.9 Å². The van der Waals surface area contributed by atoms with E-state index in [9.17, 15) is 0 Å². The molecule has 0 fully saturated rings. The highest BCUT2D eigenvalue weighted by atomic mass is 14.3. The van der Waals surface area contributed by atoms with Crippen molar-refractivity contribution >= 4 is 0 Å². The van der Waals surface area contributed by atoms with Crippen molar-refractivity contribution < 1.29 is 0 Å². The van der Waals surface area contributed by atoms with Gasteiger partial charge in [0.15, 0.2) is 0 Å². The molecule has 0 aromatic carbocycles. The second-order valence-corrected chi connectivity index (χ2v) is 5.47. The maximum atomic E-state index is 2.52. The Morgan fingerprint density at radius 2 is 1.07 bits per heavy atom. The van der Waals surface area contributed by atoms with Crippen LogP contribution in [0.2, 0.25) is 0 Å². The topological polar surface area (TPSA) is 0 Å². The van der Waals surface area contributed by atoms with Gasteiger partial charge in [-0.2, -0.15) is 0 Å². The molecule has 0 radical (unpaired) electrons. The minimum absolute atomic E-state index is 0.652. The van der Waals surface area contributed by atoms with Gasteiger partial charge in [-0.15, -0.1) is 0 Å². The van der Waals surface area contributed by atoms with Crippen molar-refractivity contribution in [3.05, 3.63) is 0 Å². The predicted molar refractivity (Wildman–Crippen MR) is 71.3 cm³/mol. The van der Waals surface area contributed by atoms with E-state index < -0.39 is 0 Å². The van der Waals surface area contributed by atoms with Gasteiger partial charge in [0.25, 0.3) is 0 Å². The summed E-state index contributed by atoms with van der Waals surface area (Å²) in [6, 6.07) is 0. The van der Waals surface area contributed by atoms with Gasteiger partial charge in [-0.05, 0) is 24.7 Å². The average molecular weight is 212 g/mol. The lowest BCUT2D eigenvalue weighted by molar-refractivity contribution is 0.230. The molecule has 0 amide bonds. The molecule has 0 aromatic heterocycles. The molecule has 0 atom stereocenters. The van der Waals surface area contributed by atoms with E-state index in [2.05, 4.69) is 27.7 Å². The SMILES string of the molecule is CCCCCC(C)(CCC)CCCCC. The van der Waals surface area contributed by atoms with Crippen molar-refractivity contribution in [1.29, 1.82) is 0 Å². The molecule has 0 aliphatic heterocycles. The fourth-order valence-electron chi connectivity index (χ4n) is 2.58. The third-order valence-corrected chi connectivity index (χ3v) is 3.62. The molecule has 0 spiro atoms. The average Bonchev–Trinajstić information content (AvgIpc) is 2.19. The van der Waals surface area contributed by atoms with Crippen molar-refractivity contribution in [2.24, 2.45) is 5.41 Å². The molecule has 0 nitrogen and oxygen atoms in total. The minimum Gasteiger partial charge on any atom is -0.0654 e. The molecule has 0 aromatic rings. The quantitative estimate of drug-likeness (QED) is 0.392. The molecule has 0 aliphatic rings. The molecular formula is C15H32. The maximum Gasteiger partial charge on any atom is -0.0326 e. The second-order valence-electron chi connectivity index (χ2n) is 5.47. The highest BCUT2D eigenvalue weighted by Gasteiger charge is 2.21. The minimum atomic E-state index is 0.652. The predicted octanol–water partition coefficient (Wildman–Crippen LogP) is 5.95. The largest absolute Gasteiger partial charge is 0.0654 e. The van der Waals surface area contributed by atoms with Crippen molar-refractivity contribution in [3.63, 3.8) is 0 Å². The van der Waals surface area contributed by atoms with Gasteiger partial charge in [0.1, 0.15) is 0 Å². The van der Waals surface area contributed by atoms with E-state index in [1.54, 1.807) is 0 Å². The van der Waals surface area contributed by atoms with Gasteiger partial charge in [0, 0.05) is 0 Å². The fourth-order valence-corrected chi connectivity index (χ4v) is 2.58. The van der Waals surface area contributed by atoms with Crippen LogP contribution in [-0.4, -0.2) is 0 Å². The molecule has 0 unspecified atom stereocenters. The van der Waals surface area contributed by atoms with Crippen LogP contribution in [0.15, 0.2) is 0 Å². The summed E-state index contributed by atoms with van der Waals surface area (Å²) in [6.07, 6.45) is 14.2. The molecular weight excluding hydrogens is 180 g/mol. The number of unbranched alkanes of at least 4 members (excludes halogenated alkanes) is 4. The van der Waals surface area contributed by atoms with Crippen molar-refractivity contribution in [1.82, 2.24) is 0 Å². The monoisotopic (exact) mass is 212 g/mol. The fraction of sp³-hybridized carbons (Fsp3) is 1.00. The lowest BCUT2D eigenvalue weighted by atomic mass is 9.76. The van der Waals surface area contributed by atoms with E-state index in [4.69, 9.17) is 0 Å². The summed E-state index contributed by atoms with van der Waals surface area (Å²) in [7, 11) is 0. The zero-order chi connectivity index (χ0) is 11.6. The van der Waals surface area contributed by atoms with Gasteiger partial charge in [0.05, 0.1) is 0 Å². The normalized spacial score (nSPS) is 12.0. The van der Waals surface area contributed by atoms with Crippen LogP contribution >= 0.6 is 0 Å². The summed E-state index contributed by atoms with van der Waals surface area (Å²) < 4.78 is 0. The summed E-state index contributed by atoms with van der Waals surface area (Å²) in [5.74, 6) is 0. The lowest BCUT2D eigenvalue weighted by Crippen LogP contribution is -2.16. The van der Waals surface area contributed by atoms with Gasteiger partial charge in [-0.3, -0.25) is 0 Å². The first kappa shape index (κ1) is 15.0. The highest BCUT2D eigenvalue weighted by Crippen LogP contribution is 2.35. The first-order chi connectivity index (χ1) is 7.18. The Balaban J connectivity index is 3.83. The van der Waals surface area contributed by atoms with Crippen LogP contribution in [0, 0.1) is 5.41 Å². The number of rotatable bonds is 10. The van der Waals surface area contributed by atoms with Gasteiger partial charge in [0.2, 0.25) is 0 Å². The molecule has 0 heterocycles. The number of hydrogen-bond acceptors (Lipinski definition) is 0. The van der Waals surface area contributed by atoms with E-state index in [0.717, 1.165) is 0 Å². The van der Waals surface area contributed by atoms with E-state index in [1.807, 2.05) is 0 Å². The standard InChI is InChI=1S/C15H32/c1-5-8-10-13-15(4,12-7-3)14-11-9-6-2/h5-14H2,1-4H3. The first-order valence-electron chi connectivity index (χ1n) is 7.18. The molecule has 0 saturated carbocycles. The van der Waals surface area contributed by atoms with Crippen LogP contribution in [0.5, 0.6) is 0 Å². The Morgan fingerprint density at radius 3 is 1.40 bits per heavy atom. The van der Waals surface area contributed by atoms with Crippen LogP contribution in [0.3, 0.4) is 0 Å². The summed E-state index contributed by atoms with van der Waals surface area (Å²) in [6.45, 7) is 9.45. The Labute approximate surface area is 97.8 Å². The third-order valence-electron chi connectivity index (χ3n) is 3.62. The van der Waals surface area contributed by atoms with E-state index in [1.165, 1.54) is 64.2 Å². The molecule has 0 heteroatoms. The van der Waals surface area contributed by atoms with Gasteiger partial charge in [-0.1, -0.05) is 72.6 Å². The van der Waals surface area contributed by atoms with Crippen LogP contribution in [0.4, 0.5) is 0 Å². The van der Waals surface area contributed by atoms with Crippen LogP contribution in [0.1, 0.15) is 91.9 Å². The van der Waals surface area contributed by atoms with Gasteiger partial charge < -0.3 is 0 Å². The molecule has 92 valence electrons. The zero-order valence-corrected chi connectivity index (χ0v) is 11.6. The zero-order valence-electron chi connectivity index (χ0n) is 11.6. The first-order valence-corrected chi connectivity index (χ1v) is 7.18. The molecule has 0 aliphatic carbocycles. The van der Waals surface area contributed by atoms with E-state index in [-0.39, 0.29) is 0 Å². The Hall–Kier alpha value is 0. The molecule has 15 heavy (non-hydrogen) atoms. The van der Waals surface area contributed by atoms with E-state index >= 15 is 0 Å². The molecule has 0 N–H and O–H groups in total. The lowest BCUT2D eigenvalue weighted by Gasteiger charge is -2.29. The van der Waals surface area contributed by atoms with Crippen LogP contribution < -0.4 is 0 Å². The summed E-state index contributed by atoms with van der Waals surface area (Å²) in [5.41, 5.74) is 0.652. The Kier molecular flexibility index (Phi) is 9.24. The highest BCUT2D eigenvalue weighted by molar-refractivity contribution is 4.73. The molecule has 0 bridgehead atoms. The third kappa shape index (κ3) is 7.88. The van der Waals surface area contributed by atoms with Crippen molar-refractivity contribution in [2.75, 3.05) is 0 Å². The Morgan fingerprint density at radius 1 is 0.600 bits per heavy atom. The summed E-state index contributed by atoms with van der Waals surface area (Å²) >= 11 is 0. The van der Waals surface area contributed by atoms with Crippen LogP contribution in [0.25, 0.3) is 0 Å². The van der Waals surface area contributed by atoms with E-state index in [0.29, 0.717) is 5.41 Å². The molecule has 0 saturated heterocycles. The smallest absolute Gasteiger partial charge is 0.0326 e. The summed E-state index contributed by atoms with van der Waals surface area (Å²) in [5, 5.41) is 0. The van der Waals surface area contributed by atoms with Gasteiger partial charge >= 0.3 is 0 Å². The van der Waals surface area contributed by atoms with Crippen molar-refractivity contribution in [3.8, 4) is 0 Å². The number of hydrogen-bond donors (Lipinski definition) is 0. The van der Waals surface area contributed by atoms with Crippen LogP contribution in [-0.2, 0) is 0 Å². The molecule has 0 rings (SSSR count). The summed E-state index contributed by atoms with van der Waals surface area (Å²) in [4.78, 5) is 0. The second kappa shape index (κ2) is 9.24. The van der Waals surface area contributed by atoms with Gasteiger partial charge in [-0.25, -0.2) is 0 Å².